The van der Waals surface area contributed by atoms with Gasteiger partial charge >= 0.3 is 0 Å². The van der Waals surface area contributed by atoms with Crippen LogP contribution in [0.5, 0.6) is 5.75 Å². The first-order chi connectivity index (χ1) is 19.4. The number of carbonyl (C=O) groups is 2. The average molecular weight is 555 g/mol. The fourth-order valence-electron chi connectivity index (χ4n) is 4.03. The van der Waals surface area contributed by atoms with Gasteiger partial charge in [-0.1, -0.05) is 48.2 Å². The lowest BCUT2D eigenvalue weighted by atomic mass is 10.2. The molecule has 5 rings (SSSR count). The third kappa shape index (κ3) is 5.71. The molecule has 4 aromatic carbocycles. The Balaban J connectivity index is 1.30. The predicted molar refractivity (Wildman–Crippen MR) is 154 cm³/mol. The molecule has 0 spiro atoms. The van der Waals surface area contributed by atoms with E-state index in [1.165, 1.54) is 29.9 Å². The first-order valence-corrected chi connectivity index (χ1v) is 13.2. The summed E-state index contributed by atoms with van der Waals surface area (Å²) in [6.45, 7) is 0. The van der Waals surface area contributed by atoms with Crippen molar-refractivity contribution in [2.45, 2.75) is 5.16 Å². The van der Waals surface area contributed by atoms with Gasteiger partial charge in [-0.25, -0.2) is 9.37 Å². The van der Waals surface area contributed by atoms with E-state index in [0.717, 1.165) is 11.8 Å². The number of hydrogen-bond donors (Lipinski definition) is 2. The van der Waals surface area contributed by atoms with Crippen molar-refractivity contribution in [1.29, 1.82) is 0 Å². The first-order valence-electron chi connectivity index (χ1n) is 12.2. The van der Waals surface area contributed by atoms with Crippen LogP contribution in [0, 0.1) is 5.82 Å². The molecule has 0 saturated carbocycles. The zero-order chi connectivity index (χ0) is 28.1. The van der Waals surface area contributed by atoms with Crippen molar-refractivity contribution < 1.29 is 18.7 Å². The van der Waals surface area contributed by atoms with Gasteiger partial charge in [-0.3, -0.25) is 19.0 Å². The van der Waals surface area contributed by atoms with Crippen LogP contribution < -0.4 is 20.9 Å². The Morgan fingerprint density at radius 2 is 1.60 bits per heavy atom. The minimum Gasteiger partial charge on any atom is -0.495 e. The van der Waals surface area contributed by atoms with Crippen molar-refractivity contribution in [3.8, 4) is 11.4 Å². The molecule has 0 aliphatic rings. The highest BCUT2D eigenvalue weighted by molar-refractivity contribution is 7.99. The number of para-hydroxylation sites is 4. The molecule has 0 atom stereocenters. The number of carbonyl (C=O) groups excluding carboxylic acids is 2. The molecular formula is C30H23FN4O4S. The van der Waals surface area contributed by atoms with Crippen LogP contribution in [0.3, 0.4) is 0 Å². The van der Waals surface area contributed by atoms with E-state index < -0.39 is 11.4 Å². The van der Waals surface area contributed by atoms with Crippen LogP contribution in [0.1, 0.15) is 10.4 Å². The van der Waals surface area contributed by atoms with E-state index in [-0.39, 0.29) is 28.4 Å². The number of amides is 2. The van der Waals surface area contributed by atoms with E-state index in [4.69, 9.17) is 4.74 Å². The van der Waals surface area contributed by atoms with Gasteiger partial charge in [-0.05, 0) is 60.7 Å². The molecule has 1 heterocycles. The number of benzene rings is 4. The van der Waals surface area contributed by atoms with Crippen molar-refractivity contribution >= 4 is 45.9 Å². The molecule has 0 bridgehead atoms. The molecule has 0 aliphatic carbocycles. The summed E-state index contributed by atoms with van der Waals surface area (Å²) in [5.41, 5.74) is 1.49. The quantitative estimate of drug-likeness (QED) is 0.194. The second-order valence-electron chi connectivity index (χ2n) is 8.57. The monoisotopic (exact) mass is 554 g/mol. The Morgan fingerprint density at radius 1 is 0.900 bits per heavy atom. The van der Waals surface area contributed by atoms with Crippen molar-refractivity contribution in [1.82, 2.24) is 9.55 Å². The van der Waals surface area contributed by atoms with Crippen LogP contribution in [0.4, 0.5) is 15.8 Å². The Bertz CT molecular complexity index is 1770. The zero-order valence-corrected chi connectivity index (χ0v) is 22.1. The molecule has 2 amide bonds. The molecule has 2 N–H and O–H groups in total. The van der Waals surface area contributed by atoms with Gasteiger partial charge in [0.15, 0.2) is 5.16 Å². The molecule has 10 heteroatoms. The van der Waals surface area contributed by atoms with Gasteiger partial charge < -0.3 is 15.4 Å². The molecule has 40 heavy (non-hydrogen) atoms. The Kier molecular flexibility index (Phi) is 7.88. The van der Waals surface area contributed by atoms with Crippen LogP contribution >= 0.6 is 11.8 Å². The van der Waals surface area contributed by atoms with Crippen molar-refractivity contribution in [3.05, 3.63) is 119 Å². The molecule has 0 fully saturated rings. The van der Waals surface area contributed by atoms with E-state index in [2.05, 4.69) is 15.6 Å². The molecular weight excluding hydrogens is 531 g/mol. The zero-order valence-electron chi connectivity index (χ0n) is 21.3. The van der Waals surface area contributed by atoms with Crippen molar-refractivity contribution in [2.75, 3.05) is 23.5 Å². The number of nitrogens with zero attached hydrogens (tertiary/aromatic N) is 2. The standard InChI is InChI=1S/C30H23FN4O4S/c1-39-26-13-7-5-11-24(26)33-28(37)19-14-16-20(17-15-19)32-27(36)18-40-30-34-23-10-4-2-8-21(23)29(38)35(30)25-12-6-3-9-22(25)31/h2-17H,18H2,1H3,(H,32,36)(H,33,37). The number of hydrogen-bond acceptors (Lipinski definition) is 6. The van der Waals surface area contributed by atoms with Crippen LogP contribution in [0.2, 0.25) is 0 Å². The predicted octanol–water partition coefficient (Wildman–Crippen LogP) is 5.52. The lowest BCUT2D eigenvalue weighted by Crippen LogP contribution is -2.23. The molecule has 0 saturated heterocycles. The smallest absolute Gasteiger partial charge is 0.266 e. The Morgan fingerprint density at radius 3 is 2.38 bits per heavy atom. The van der Waals surface area contributed by atoms with Crippen molar-refractivity contribution in [2.24, 2.45) is 0 Å². The van der Waals surface area contributed by atoms with E-state index >= 15 is 0 Å². The topological polar surface area (TPSA) is 102 Å². The summed E-state index contributed by atoms with van der Waals surface area (Å²) in [6, 6.07) is 26.2. The summed E-state index contributed by atoms with van der Waals surface area (Å²) in [4.78, 5) is 43.2. The summed E-state index contributed by atoms with van der Waals surface area (Å²) in [5.74, 6) is -0.818. The SMILES string of the molecule is COc1ccccc1NC(=O)c1ccc(NC(=O)CSc2nc3ccccc3c(=O)n2-c2ccccc2F)cc1. The van der Waals surface area contributed by atoms with Crippen LogP contribution in [-0.2, 0) is 4.79 Å². The largest absolute Gasteiger partial charge is 0.495 e. The molecule has 0 unspecified atom stereocenters. The van der Waals surface area contributed by atoms with Gasteiger partial charge in [0, 0.05) is 11.3 Å². The van der Waals surface area contributed by atoms with Crippen molar-refractivity contribution in [3.63, 3.8) is 0 Å². The third-order valence-electron chi connectivity index (χ3n) is 5.96. The first kappa shape index (κ1) is 26.6. The average Bonchev–Trinajstić information content (AvgIpc) is 2.97. The highest BCUT2D eigenvalue weighted by atomic mass is 32.2. The van der Waals surface area contributed by atoms with Gasteiger partial charge in [0.2, 0.25) is 5.91 Å². The number of ether oxygens (including phenoxy) is 1. The molecule has 1 aromatic heterocycles. The number of methoxy groups -OCH3 is 1. The van der Waals surface area contributed by atoms with Crippen LogP contribution in [-0.4, -0.2) is 34.2 Å². The number of halogens is 1. The number of aromatic nitrogens is 2. The molecule has 200 valence electrons. The highest BCUT2D eigenvalue weighted by Gasteiger charge is 2.17. The fourth-order valence-corrected chi connectivity index (χ4v) is 4.83. The van der Waals surface area contributed by atoms with Gasteiger partial charge in [0.25, 0.3) is 11.5 Å². The molecule has 8 nitrogen and oxygen atoms in total. The maximum atomic E-state index is 14.7. The third-order valence-corrected chi connectivity index (χ3v) is 6.90. The minimum absolute atomic E-state index is 0.0515. The normalized spacial score (nSPS) is 10.8. The van der Waals surface area contributed by atoms with E-state index in [9.17, 15) is 18.8 Å². The Hall–Kier alpha value is -4.96. The number of rotatable bonds is 8. The highest BCUT2D eigenvalue weighted by Crippen LogP contribution is 2.25. The van der Waals surface area contributed by atoms with Gasteiger partial charge in [0.1, 0.15) is 11.6 Å². The van der Waals surface area contributed by atoms with E-state index in [1.54, 1.807) is 78.9 Å². The summed E-state index contributed by atoms with van der Waals surface area (Å²) in [7, 11) is 1.52. The maximum absolute atomic E-state index is 14.7. The molecule has 0 aliphatic heterocycles. The Labute approximate surface area is 232 Å². The van der Waals surface area contributed by atoms with E-state index in [1.807, 2.05) is 0 Å². The molecule has 5 aromatic rings. The summed E-state index contributed by atoms with van der Waals surface area (Å²) >= 11 is 1.02. The fraction of sp³-hybridized carbons (Fsp3) is 0.0667. The van der Waals surface area contributed by atoms with Crippen LogP contribution in [0.25, 0.3) is 16.6 Å². The number of nitrogens with one attached hydrogen (secondary N) is 2. The number of thioether (sulfide) groups is 1. The maximum Gasteiger partial charge on any atom is 0.266 e. The lowest BCUT2D eigenvalue weighted by Gasteiger charge is -2.14. The summed E-state index contributed by atoms with van der Waals surface area (Å²) < 4.78 is 21.1. The second-order valence-corrected chi connectivity index (χ2v) is 9.51. The van der Waals surface area contributed by atoms with Crippen LogP contribution in [0.15, 0.2) is 107 Å². The van der Waals surface area contributed by atoms with Gasteiger partial charge in [-0.15, -0.1) is 0 Å². The molecule has 0 radical (unpaired) electrons. The van der Waals surface area contributed by atoms with Gasteiger partial charge in [-0.2, -0.15) is 0 Å². The minimum atomic E-state index is -0.581. The second kappa shape index (κ2) is 11.8. The lowest BCUT2D eigenvalue weighted by molar-refractivity contribution is -0.113. The summed E-state index contributed by atoms with van der Waals surface area (Å²) in [5, 5.41) is 6.10. The van der Waals surface area contributed by atoms with E-state index in [0.29, 0.717) is 33.6 Å². The summed E-state index contributed by atoms with van der Waals surface area (Å²) in [6.07, 6.45) is 0. The van der Waals surface area contributed by atoms with Gasteiger partial charge in [0.05, 0.1) is 35.1 Å². The number of fused-ring (bicyclic) bond motifs is 1. The number of anilines is 2.